The van der Waals surface area contributed by atoms with Crippen molar-refractivity contribution in [2.24, 2.45) is 11.7 Å². The number of amides is 1. The monoisotopic (exact) mass is 487 g/mol. The van der Waals surface area contributed by atoms with E-state index in [-0.39, 0.29) is 29.8 Å². The summed E-state index contributed by atoms with van der Waals surface area (Å²) in [5.74, 6) is 0.955. The van der Waals surface area contributed by atoms with Crippen LogP contribution in [0.1, 0.15) is 27.7 Å². The van der Waals surface area contributed by atoms with Crippen molar-refractivity contribution in [3.63, 3.8) is 0 Å². The van der Waals surface area contributed by atoms with E-state index in [0.29, 0.717) is 24.7 Å². The van der Waals surface area contributed by atoms with E-state index in [4.69, 9.17) is 17.3 Å². The van der Waals surface area contributed by atoms with Gasteiger partial charge < -0.3 is 15.5 Å². The number of benzene rings is 2. The van der Waals surface area contributed by atoms with Gasteiger partial charge in [-0.05, 0) is 31.9 Å². The summed E-state index contributed by atoms with van der Waals surface area (Å²) in [5, 5.41) is 12.0. The van der Waals surface area contributed by atoms with Gasteiger partial charge in [-0.25, -0.2) is 0 Å². The average molecular weight is 488 g/mol. The number of carbonyl (C=O) groups excluding carboxylic acids is 1. The number of anilines is 1. The van der Waals surface area contributed by atoms with Crippen molar-refractivity contribution in [1.29, 1.82) is 0 Å². The molecule has 1 aromatic heterocycles. The van der Waals surface area contributed by atoms with Gasteiger partial charge in [0.2, 0.25) is 5.91 Å². The molecule has 2 aromatic carbocycles. The quantitative estimate of drug-likeness (QED) is 0.572. The summed E-state index contributed by atoms with van der Waals surface area (Å²) in [6.45, 7) is 10.1. The first-order chi connectivity index (χ1) is 15.2. The molecule has 1 atom stereocenters. The third kappa shape index (κ3) is 4.93. The van der Waals surface area contributed by atoms with E-state index in [1.165, 1.54) is 0 Å². The van der Waals surface area contributed by atoms with Crippen molar-refractivity contribution >= 4 is 46.5 Å². The van der Waals surface area contributed by atoms with E-state index >= 15 is 0 Å². The van der Waals surface area contributed by atoms with Gasteiger partial charge in [0.15, 0.2) is 5.82 Å². The Kier molecular flexibility index (Phi) is 7.52. The molecule has 2 heterocycles. The molecule has 1 amide bonds. The molecule has 3 aromatic rings. The van der Waals surface area contributed by atoms with E-state index in [2.05, 4.69) is 41.1 Å². The van der Waals surface area contributed by atoms with Crippen LogP contribution < -0.4 is 10.6 Å². The van der Waals surface area contributed by atoms with E-state index in [0.717, 1.165) is 27.8 Å². The Labute approximate surface area is 206 Å². The van der Waals surface area contributed by atoms with E-state index in [1.54, 1.807) is 0 Å². The highest BCUT2D eigenvalue weighted by atomic mass is 35.5. The van der Waals surface area contributed by atoms with Crippen LogP contribution in [0.25, 0.3) is 22.0 Å². The van der Waals surface area contributed by atoms with E-state index in [9.17, 15) is 4.79 Å². The topological polar surface area (TPSA) is 75.4 Å². The zero-order valence-corrected chi connectivity index (χ0v) is 21.0. The molecule has 0 bridgehead atoms. The number of nitrogens with two attached hydrogens (primary N) is 1. The summed E-state index contributed by atoms with van der Waals surface area (Å²) in [5.41, 5.74) is 7.61. The maximum atomic E-state index is 13.0. The highest BCUT2D eigenvalue weighted by Gasteiger charge is 2.39. The Morgan fingerprint density at radius 1 is 1.03 bits per heavy atom. The van der Waals surface area contributed by atoms with Gasteiger partial charge in [-0.15, -0.1) is 22.6 Å². The lowest BCUT2D eigenvalue weighted by atomic mass is 9.94. The van der Waals surface area contributed by atoms with Crippen LogP contribution in [-0.2, 0) is 4.79 Å². The van der Waals surface area contributed by atoms with Crippen molar-refractivity contribution in [1.82, 2.24) is 15.1 Å². The maximum Gasteiger partial charge on any atom is 0.240 e. The second-order valence-electron chi connectivity index (χ2n) is 9.42. The lowest BCUT2D eigenvalue weighted by Crippen LogP contribution is -2.64. The van der Waals surface area contributed by atoms with Crippen LogP contribution in [0, 0.1) is 5.92 Å². The van der Waals surface area contributed by atoms with Crippen LogP contribution in [0.15, 0.2) is 48.5 Å². The Morgan fingerprint density at radius 3 is 2.27 bits per heavy atom. The Hall–Kier alpha value is -2.41. The van der Waals surface area contributed by atoms with Gasteiger partial charge in [0.25, 0.3) is 0 Å². The van der Waals surface area contributed by atoms with E-state index < -0.39 is 6.04 Å². The fourth-order valence-electron chi connectivity index (χ4n) is 4.35. The minimum Gasteiger partial charge on any atom is -0.351 e. The fraction of sp³-hybridized carbons (Fsp3) is 0.400. The Bertz CT molecular complexity index is 1130. The van der Waals surface area contributed by atoms with E-state index in [1.807, 2.05) is 55.1 Å². The molecule has 1 aliphatic heterocycles. The van der Waals surface area contributed by atoms with Crippen molar-refractivity contribution < 1.29 is 4.79 Å². The van der Waals surface area contributed by atoms with Crippen LogP contribution in [0.4, 0.5) is 5.82 Å². The number of carbonyl (C=O) groups is 1. The van der Waals surface area contributed by atoms with Crippen LogP contribution in [0.3, 0.4) is 0 Å². The van der Waals surface area contributed by atoms with Gasteiger partial charge in [0, 0.05) is 41.0 Å². The third-order valence-electron chi connectivity index (χ3n) is 6.26. The Morgan fingerprint density at radius 2 is 1.67 bits per heavy atom. The molecule has 1 aliphatic rings. The number of fused-ring (bicyclic) bond motifs is 1. The lowest BCUT2D eigenvalue weighted by molar-refractivity contribution is -0.139. The molecule has 6 nitrogen and oxygen atoms in total. The maximum absolute atomic E-state index is 13.0. The third-order valence-corrected chi connectivity index (χ3v) is 6.51. The Balaban J connectivity index is 0.00000306. The second kappa shape index (κ2) is 9.84. The zero-order chi connectivity index (χ0) is 23.0. The van der Waals surface area contributed by atoms with Gasteiger partial charge in [0.05, 0.1) is 11.6 Å². The zero-order valence-electron chi connectivity index (χ0n) is 19.5. The molecule has 1 saturated heterocycles. The standard InChI is InChI=1S/C25H30ClN5O.ClH/c1-16(2)21(27)24(32)31-14-13-30(15-25(31,3)4)23-20-8-6-5-7-19(20)22(28-29-23)17-9-11-18(26)12-10-17;/h5-12,16,21H,13-15,27H2,1-4H3;1H/t21-;/m0./s1. The largest absolute Gasteiger partial charge is 0.351 e. The van der Waals surface area contributed by atoms with Crippen LogP contribution in [0.5, 0.6) is 0 Å². The molecule has 1 fully saturated rings. The molecule has 0 spiro atoms. The summed E-state index contributed by atoms with van der Waals surface area (Å²) in [7, 11) is 0. The number of nitrogens with zero attached hydrogens (tertiary/aromatic N) is 4. The highest BCUT2D eigenvalue weighted by molar-refractivity contribution is 6.30. The number of halogens is 2. The van der Waals surface area contributed by atoms with Crippen molar-refractivity contribution in [2.45, 2.75) is 39.3 Å². The molecule has 33 heavy (non-hydrogen) atoms. The second-order valence-corrected chi connectivity index (χ2v) is 9.85. The van der Waals surface area contributed by atoms with Crippen molar-refractivity contribution in [3.8, 4) is 11.3 Å². The minimum atomic E-state index is -0.486. The lowest BCUT2D eigenvalue weighted by Gasteiger charge is -2.48. The number of piperazine rings is 1. The minimum absolute atomic E-state index is 0. The van der Waals surface area contributed by atoms with Crippen LogP contribution in [0.2, 0.25) is 5.02 Å². The van der Waals surface area contributed by atoms with Crippen LogP contribution >= 0.6 is 24.0 Å². The first-order valence-corrected chi connectivity index (χ1v) is 11.4. The summed E-state index contributed by atoms with van der Waals surface area (Å²) in [6, 6.07) is 15.4. The number of hydrogen-bond donors (Lipinski definition) is 1. The van der Waals surface area contributed by atoms with Crippen LogP contribution in [-0.4, -0.2) is 52.2 Å². The van der Waals surface area contributed by atoms with Crippen molar-refractivity contribution in [2.75, 3.05) is 24.5 Å². The van der Waals surface area contributed by atoms with Gasteiger partial charge in [-0.2, -0.15) is 0 Å². The van der Waals surface area contributed by atoms with Gasteiger partial charge in [-0.1, -0.05) is 61.8 Å². The van der Waals surface area contributed by atoms with Crippen molar-refractivity contribution in [3.05, 3.63) is 53.6 Å². The molecule has 8 heteroatoms. The number of hydrogen-bond acceptors (Lipinski definition) is 5. The first-order valence-electron chi connectivity index (χ1n) is 11.0. The number of aromatic nitrogens is 2. The molecule has 0 saturated carbocycles. The van der Waals surface area contributed by atoms with Gasteiger partial charge >= 0.3 is 0 Å². The highest BCUT2D eigenvalue weighted by Crippen LogP contribution is 2.34. The molecule has 0 radical (unpaired) electrons. The van der Waals surface area contributed by atoms with Gasteiger partial charge in [-0.3, -0.25) is 4.79 Å². The summed E-state index contributed by atoms with van der Waals surface area (Å²) >= 11 is 6.06. The molecular weight excluding hydrogens is 457 g/mol. The molecule has 0 aliphatic carbocycles. The predicted octanol–water partition coefficient (Wildman–Crippen LogP) is 4.78. The predicted molar refractivity (Wildman–Crippen MR) is 138 cm³/mol. The fourth-order valence-corrected chi connectivity index (χ4v) is 4.48. The summed E-state index contributed by atoms with van der Waals surface area (Å²) in [4.78, 5) is 17.1. The molecule has 176 valence electrons. The number of rotatable bonds is 4. The summed E-state index contributed by atoms with van der Waals surface area (Å²) in [6.07, 6.45) is 0. The smallest absolute Gasteiger partial charge is 0.240 e. The molecule has 4 rings (SSSR count). The SMILES string of the molecule is CC(C)[C@H](N)C(=O)N1CCN(c2nnc(-c3ccc(Cl)cc3)c3ccccc23)CC1(C)C.Cl. The normalized spacial score (nSPS) is 16.6. The average Bonchev–Trinajstić information content (AvgIpc) is 2.77. The summed E-state index contributed by atoms with van der Waals surface area (Å²) < 4.78 is 0. The molecule has 2 N–H and O–H groups in total. The molecule has 0 unspecified atom stereocenters. The van der Waals surface area contributed by atoms with Gasteiger partial charge in [0.1, 0.15) is 5.69 Å². The molecular formula is C25H31Cl2N5O. The first kappa shape index (κ1) is 25.2.